The Bertz CT molecular complexity index is 1460. The molecule has 0 bridgehead atoms. The van der Waals surface area contributed by atoms with Crippen LogP contribution < -0.4 is 21.8 Å². The van der Waals surface area contributed by atoms with Gasteiger partial charge in [-0.05, 0) is 43.0 Å². The van der Waals surface area contributed by atoms with Crippen LogP contribution in [0.3, 0.4) is 0 Å². The predicted octanol–water partition coefficient (Wildman–Crippen LogP) is 1.03. The van der Waals surface area contributed by atoms with Gasteiger partial charge in [-0.25, -0.2) is 9.79 Å². The van der Waals surface area contributed by atoms with E-state index in [-0.39, 0.29) is 17.6 Å². The van der Waals surface area contributed by atoms with Crippen LogP contribution in [0.25, 0.3) is 11.7 Å². The first kappa shape index (κ1) is 19.3. The largest absolute Gasteiger partial charge is 0.493 e. The SMILES string of the molecule is Cc1c(Cl)cccc1CNc1nc(=NC2CC2)n2ncc(=Cc3[nH]c(=O)[nH]c3O)c2n1. The van der Waals surface area contributed by atoms with Crippen LogP contribution in [-0.4, -0.2) is 40.7 Å². The standard InChI is InChI=1S/C20H19ClN8O2/c1-10-11(3-2-4-14(10)21)8-22-18-26-16-12(7-15-17(30)27-20(31)25-15)9-23-29(16)19(28-18)24-13-5-6-13/h2-4,7,9,13,30H,5-6,8H2,1H3,(H,22,24,28)(H2,25,27,31). The summed E-state index contributed by atoms with van der Waals surface area (Å²) in [5, 5.41) is 18.8. The number of benzene rings is 1. The molecule has 3 heterocycles. The number of anilines is 1. The predicted molar refractivity (Wildman–Crippen MR) is 115 cm³/mol. The number of imidazole rings is 1. The fourth-order valence-electron chi connectivity index (χ4n) is 3.18. The van der Waals surface area contributed by atoms with E-state index in [0.29, 0.717) is 34.0 Å². The number of aromatic amines is 2. The van der Waals surface area contributed by atoms with E-state index in [1.807, 2.05) is 25.1 Å². The number of fused-ring (bicyclic) bond motifs is 1. The van der Waals surface area contributed by atoms with Crippen molar-refractivity contribution < 1.29 is 5.11 Å². The lowest BCUT2D eigenvalue weighted by Gasteiger charge is -2.09. The number of aromatic hydroxyl groups is 1. The van der Waals surface area contributed by atoms with Crippen molar-refractivity contribution in [1.82, 2.24) is 29.5 Å². The molecule has 0 atom stereocenters. The van der Waals surface area contributed by atoms with Gasteiger partial charge in [-0.1, -0.05) is 23.7 Å². The van der Waals surface area contributed by atoms with Gasteiger partial charge in [0.05, 0.1) is 12.2 Å². The minimum absolute atomic E-state index is 0.239. The number of H-pyrrole nitrogens is 2. The number of nitrogens with one attached hydrogen (secondary N) is 3. The lowest BCUT2D eigenvalue weighted by molar-refractivity contribution is 0.454. The van der Waals surface area contributed by atoms with Gasteiger partial charge in [0, 0.05) is 16.8 Å². The Balaban J connectivity index is 1.59. The normalized spacial score (nSPS) is 15.2. The second-order valence-electron chi connectivity index (χ2n) is 7.41. The summed E-state index contributed by atoms with van der Waals surface area (Å²) in [6, 6.07) is 5.98. The van der Waals surface area contributed by atoms with Crippen LogP contribution in [0.1, 0.15) is 29.7 Å². The molecule has 0 aliphatic heterocycles. The van der Waals surface area contributed by atoms with Crippen LogP contribution in [0.4, 0.5) is 5.95 Å². The van der Waals surface area contributed by atoms with Crippen LogP contribution in [0.2, 0.25) is 5.02 Å². The van der Waals surface area contributed by atoms with Gasteiger partial charge in [0.25, 0.3) is 5.62 Å². The average molecular weight is 439 g/mol. The molecule has 31 heavy (non-hydrogen) atoms. The monoisotopic (exact) mass is 438 g/mol. The molecular weight excluding hydrogens is 420 g/mol. The molecule has 0 unspecified atom stereocenters. The average Bonchev–Trinajstić information content (AvgIpc) is 3.37. The molecule has 4 N–H and O–H groups in total. The minimum Gasteiger partial charge on any atom is -0.493 e. The zero-order chi connectivity index (χ0) is 21.5. The molecule has 5 rings (SSSR count). The van der Waals surface area contributed by atoms with E-state index in [0.717, 1.165) is 24.0 Å². The van der Waals surface area contributed by atoms with Gasteiger partial charge in [0.1, 0.15) is 5.69 Å². The topological polar surface area (TPSA) is 136 Å². The lowest BCUT2D eigenvalue weighted by atomic mass is 10.1. The molecular formula is C20H19ClN8O2. The lowest BCUT2D eigenvalue weighted by Crippen LogP contribution is -2.24. The summed E-state index contributed by atoms with van der Waals surface area (Å²) < 4.78 is 1.56. The van der Waals surface area contributed by atoms with Crippen molar-refractivity contribution in [3.8, 4) is 5.88 Å². The molecule has 0 radical (unpaired) electrons. The quantitative estimate of drug-likeness (QED) is 0.367. The van der Waals surface area contributed by atoms with Crippen molar-refractivity contribution in [3.05, 3.63) is 67.6 Å². The van der Waals surface area contributed by atoms with E-state index in [2.05, 4.69) is 35.3 Å². The smallest absolute Gasteiger partial charge is 0.326 e. The maximum atomic E-state index is 11.4. The fraction of sp³-hybridized carbons (Fsp3) is 0.250. The first-order valence-corrected chi connectivity index (χ1v) is 10.2. The van der Waals surface area contributed by atoms with Crippen molar-refractivity contribution in [2.24, 2.45) is 4.99 Å². The Labute approximate surface area is 180 Å². The number of nitrogens with zero attached hydrogens (tertiary/aromatic N) is 5. The summed E-state index contributed by atoms with van der Waals surface area (Å²) in [4.78, 5) is 30.0. The number of rotatable bonds is 5. The molecule has 0 saturated heterocycles. The van der Waals surface area contributed by atoms with Gasteiger partial charge in [-0.15, -0.1) is 0 Å². The number of halogens is 1. The zero-order valence-corrected chi connectivity index (χ0v) is 17.3. The Morgan fingerprint density at radius 2 is 2.19 bits per heavy atom. The maximum Gasteiger partial charge on any atom is 0.326 e. The molecule has 4 aromatic rings. The van der Waals surface area contributed by atoms with Crippen LogP contribution in [0.5, 0.6) is 5.88 Å². The molecule has 1 aromatic carbocycles. The molecule has 1 fully saturated rings. The van der Waals surface area contributed by atoms with Crippen molar-refractivity contribution in [2.75, 3.05) is 5.32 Å². The molecule has 0 spiro atoms. The number of aromatic nitrogens is 6. The summed E-state index contributed by atoms with van der Waals surface area (Å²) in [7, 11) is 0. The van der Waals surface area contributed by atoms with Crippen molar-refractivity contribution in [3.63, 3.8) is 0 Å². The van der Waals surface area contributed by atoms with Crippen LogP contribution >= 0.6 is 11.6 Å². The van der Waals surface area contributed by atoms with Crippen LogP contribution in [0.15, 0.2) is 34.2 Å². The Kier molecular flexibility index (Phi) is 4.70. The van der Waals surface area contributed by atoms with Gasteiger partial charge in [0.2, 0.25) is 11.8 Å². The number of hydrogen-bond acceptors (Lipinski definition) is 7. The summed E-state index contributed by atoms with van der Waals surface area (Å²) in [5.41, 5.74) is 2.71. The molecule has 1 aliphatic rings. The third-order valence-corrected chi connectivity index (χ3v) is 5.48. The highest BCUT2D eigenvalue weighted by atomic mass is 35.5. The molecule has 158 valence electrons. The highest BCUT2D eigenvalue weighted by Gasteiger charge is 2.21. The van der Waals surface area contributed by atoms with E-state index >= 15 is 0 Å². The van der Waals surface area contributed by atoms with Crippen molar-refractivity contribution in [1.29, 1.82) is 0 Å². The zero-order valence-electron chi connectivity index (χ0n) is 16.6. The summed E-state index contributed by atoms with van der Waals surface area (Å²) >= 11 is 6.22. The molecule has 10 nitrogen and oxygen atoms in total. The molecule has 1 aliphatic carbocycles. The van der Waals surface area contributed by atoms with Crippen LogP contribution in [-0.2, 0) is 6.54 Å². The highest BCUT2D eigenvalue weighted by Crippen LogP contribution is 2.22. The van der Waals surface area contributed by atoms with Crippen molar-refractivity contribution >= 4 is 29.3 Å². The van der Waals surface area contributed by atoms with E-state index in [1.54, 1.807) is 16.8 Å². The van der Waals surface area contributed by atoms with Crippen LogP contribution in [0, 0.1) is 6.92 Å². The molecule has 11 heteroatoms. The first-order chi connectivity index (χ1) is 15.0. The van der Waals surface area contributed by atoms with E-state index in [9.17, 15) is 9.90 Å². The molecule has 3 aromatic heterocycles. The third-order valence-electron chi connectivity index (χ3n) is 5.08. The van der Waals surface area contributed by atoms with Gasteiger partial charge in [-0.2, -0.15) is 19.6 Å². The third kappa shape index (κ3) is 3.89. The van der Waals surface area contributed by atoms with Gasteiger partial charge in [-0.3, -0.25) is 4.98 Å². The Hall–Kier alpha value is -3.66. The number of hydrogen-bond donors (Lipinski definition) is 4. The highest BCUT2D eigenvalue weighted by molar-refractivity contribution is 6.31. The minimum atomic E-state index is -0.501. The fourth-order valence-corrected chi connectivity index (χ4v) is 3.37. The van der Waals surface area contributed by atoms with E-state index in [1.165, 1.54) is 0 Å². The summed E-state index contributed by atoms with van der Waals surface area (Å²) in [6.45, 7) is 2.45. The second kappa shape index (κ2) is 7.55. The van der Waals surface area contributed by atoms with Gasteiger partial charge in [0.15, 0.2) is 5.65 Å². The molecule has 1 saturated carbocycles. The first-order valence-electron chi connectivity index (χ1n) is 9.78. The summed E-state index contributed by atoms with van der Waals surface area (Å²) in [6.07, 6.45) is 5.23. The van der Waals surface area contributed by atoms with E-state index in [4.69, 9.17) is 11.6 Å². The maximum absolute atomic E-state index is 11.4. The second-order valence-corrected chi connectivity index (χ2v) is 7.81. The van der Waals surface area contributed by atoms with E-state index < -0.39 is 5.69 Å². The van der Waals surface area contributed by atoms with Gasteiger partial charge >= 0.3 is 5.69 Å². The van der Waals surface area contributed by atoms with Gasteiger partial charge < -0.3 is 15.4 Å². The van der Waals surface area contributed by atoms with Crippen molar-refractivity contribution in [2.45, 2.75) is 32.4 Å². The Morgan fingerprint density at radius 1 is 1.35 bits per heavy atom. The Morgan fingerprint density at radius 3 is 2.94 bits per heavy atom. The molecule has 0 amide bonds. The summed E-state index contributed by atoms with van der Waals surface area (Å²) in [5.74, 6) is 0.143.